The molecule has 0 radical (unpaired) electrons. The Balaban J connectivity index is 7.58. The van der Waals surface area contributed by atoms with E-state index in [4.69, 9.17) is 33.2 Å². The fourth-order valence-corrected chi connectivity index (χ4v) is 9.77. The fourth-order valence-electron chi connectivity index (χ4n) is 9.77. The van der Waals surface area contributed by atoms with Gasteiger partial charge in [0.1, 0.15) is 11.5 Å². The van der Waals surface area contributed by atoms with E-state index in [1.165, 1.54) is 218 Å². The lowest BCUT2D eigenvalue weighted by Crippen LogP contribution is -2.34. The van der Waals surface area contributed by atoms with E-state index < -0.39 is 12.6 Å². The summed E-state index contributed by atoms with van der Waals surface area (Å²) < 4.78 is 49.7. The number of unbranched alkanes of at least 4 members (excludes halogenated alkanes) is 38. The molecule has 2 atom stereocenters. The highest BCUT2D eigenvalue weighted by molar-refractivity contribution is 5.09. The minimum Gasteiger partial charge on any atom is -0.494 e. The van der Waals surface area contributed by atoms with E-state index in [1.54, 1.807) is 0 Å². The van der Waals surface area contributed by atoms with Crippen molar-refractivity contribution in [2.45, 2.75) is 376 Å². The average molecular weight is 1060 g/mol. The average Bonchev–Trinajstić information content (AvgIpc) is 3.42. The Kier molecular flexibility index (Phi) is 60.6. The summed E-state index contributed by atoms with van der Waals surface area (Å²) in [5.41, 5.74) is 0. The molecule has 0 aromatic heterocycles. The van der Waals surface area contributed by atoms with Crippen LogP contribution in [0.15, 0.2) is 23.0 Å². The van der Waals surface area contributed by atoms with Crippen LogP contribution in [0.3, 0.4) is 0 Å². The molecule has 0 aliphatic rings. The highest BCUT2D eigenvalue weighted by Gasteiger charge is 2.32. The van der Waals surface area contributed by atoms with Crippen LogP contribution in [0.5, 0.6) is 0 Å². The summed E-state index contributed by atoms with van der Waals surface area (Å²) in [5, 5.41) is 0. The van der Waals surface area contributed by atoms with Crippen molar-refractivity contribution in [3.63, 3.8) is 0 Å². The predicted molar refractivity (Wildman–Crippen MR) is 325 cm³/mol. The maximum atomic E-state index is 7.47. The van der Waals surface area contributed by atoms with E-state index in [0.717, 1.165) is 113 Å². The topological polar surface area (TPSA) is 64.6 Å². The molecule has 0 amide bonds. The van der Waals surface area contributed by atoms with Gasteiger partial charge in [0.2, 0.25) is 12.6 Å². The van der Waals surface area contributed by atoms with Gasteiger partial charge in [0.15, 0.2) is 11.5 Å². The molecule has 2 unspecified atom stereocenters. The Bertz CT molecular complexity index is 1080. The maximum absolute atomic E-state index is 7.47. The van der Waals surface area contributed by atoms with E-state index in [2.05, 4.69) is 55.4 Å². The highest BCUT2D eigenvalue weighted by atomic mass is 16.8. The molecular formula is C68H134O7. The van der Waals surface area contributed by atoms with Crippen LogP contribution in [0.1, 0.15) is 364 Å². The summed E-state index contributed by atoms with van der Waals surface area (Å²) in [6.07, 6.45) is 55.8. The molecule has 75 heavy (non-hydrogen) atoms. The Morgan fingerprint density at radius 3 is 0.680 bits per heavy atom. The van der Waals surface area contributed by atoms with Crippen molar-refractivity contribution in [3.05, 3.63) is 23.0 Å². The van der Waals surface area contributed by atoms with Gasteiger partial charge in [0.25, 0.3) is 0 Å². The summed E-state index contributed by atoms with van der Waals surface area (Å²) in [4.78, 5) is 0. The Morgan fingerprint density at radius 1 is 0.213 bits per heavy atom. The zero-order valence-electron chi connectivity index (χ0n) is 52.2. The molecule has 0 bridgehead atoms. The van der Waals surface area contributed by atoms with Crippen LogP contribution >= 0.6 is 0 Å². The van der Waals surface area contributed by atoms with Gasteiger partial charge in [0, 0.05) is 12.8 Å². The second-order valence-electron chi connectivity index (χ2n) is 22.4. The minimum absolute atomic E-state index is 0.583. The van der Waals surface area contributed by atoms with Crippen LogP contribution in [0.25, 0.3) is 0 Å². The largest absolute Gasteiger partial charge is 0.494 e. The van der Waals surface area contributed by atoms with E-state index in [1.807, 2.05) is 0 Å². The molecule has 0 aromatic carbocycles. The van der Waals surface area contributed by atoms with Gasteiger partial charge in [-0.1, -0.05) is 299 Å². The van der Waals surface area contributed by atoms with Crippen molar-refractivity contribution in [1.29, 1.82) is 0 Å². The molecule has 0 rings (SSSR count). The quantitative estimate of drug-likeness (QED) is 0.0342. The summed E-state index contributed by atoms with van der Waals surface area (Å²) in [6, 6.07) is 0. The summed E-state index contributed by atoms with van der Waals surface area (Å²) in [5.74, 6) is 3.28. The van der Waals surface area contributed by atoms with Gasteiger partial charge in [-0.25, -0.2) is 0 Å². The Labute approximate surface area is 470 Å². The molecule has 0 saturated heterocycles. The molecule has 0 aliphatic carbocycles. The standard InChI is InChI=1S/C68H134O7/c1-9-17-25-33-35-37-39-41-43-47-55-63(69-57-49-29-21-13-5)65(71-59-51-31-23-15-7)67(73-61-53-45-27-19-11-3)75-68(74-62-54-46-28-20-12-4)66(72-60-52-32-24-16-8)64(70-58-50-30-22-14-6)56-48-44-42-40-38-36-34-26-18-10-2/h67-68H,9-62H2,1-8H3. The van der Waals surface area contributed by atoms with Crippen molar-refractivity contribution < 1.29 is 33.2 Å². The summed E-state index contributed by atoms with van der Waals surface area (Å²) in [7, 11) is 0. The van der Waals surface area contributed by atoms with E-state index in [-0.39, 0.29) is 0 Å². The molecule has 0 aromatic rings. The summed E-state index contributed by atoms with van der Waals surface area (Å²) in [6.45, 7) is 22.1. The van der Waals surface area contributed by atoms with E-state index in [0.29, 0.717) is 39.6 Å². The third-order valence-electron chi connectivity index (χ3n) is 14.8. The first kappa shape index (κ1) is 73.6. The number of allylic oxidation sites excluding steroid dienone is 2. The van der Waals surface area contributed by atoms with Crippen molar-refractivity contribution in [2.75, 3.05) is 39.6 Å². The normalized spacial score (nSPS) is 13.2. The lowest BCUT2D eigenvalue weighted by molar-refractivity contribution is -0.243. The van der Waals surface area contributed by atoms with Gasteiger partial charge in [-0.15, -0.1) is 0 Å². The number of ether oxygens (including phenoxy) is 7. The zero-order chi connectivity index (χ0) is 54.6. The number of rotatable bonds is 64. The third-order valence-corrected chi connectivity index (χ3v) is 14.8. The molecule has 0 saturated carbocycles. The van der Waals surface area contributed by atoms with Crippen LogP contribution in [-0.2, 0) is 33.2 Å². The maximum Gasteiger partial charge on any atom is 0.223 e. The van der Waals surface area contributed by atoms with Crippen LogP contribution in [0, 0.1) is 0 Å². The molecule has 0 aliphatic heterocycles. The first-order chi connectivity index (χ1) is 37.1. The van der Waals surface area contributed by atoms with Gasteiger partial charge in [-0.05, 0) is 51.4 Å². The molecule has 7 nitrogen and oxygen atoms in total. The van der Waals surface area contributed by atoms with Crippen molar-refractivity contribution in [2.24, 2.45) is 0 Å². The number of hydrogen-bond acceptors (Lipinski definition) is 7. The number of hydrogen-bond donors (Lipinski definition) is 0. The molecule has 0 spiro atoms. The molecule has 7 heteroatoms. The first-order valence-corrected chi connectivity index (χ1v) is 33.9. The minimum atomic E-state index is -0.803. The van der Waals surface area contributed by atoms with Gasteiger partial charge >= 0.3 is 0 Å². The van der Waals surface area contributed by atoms with E-state index >= 15 is 0 Å². The van der Waals surface area contributed by atoms with Crippen LogP contribution in [0.2, 0.25) is 0 Å². The first-order valence-electron chi connectivity index (χ1n) is 33.9. The van der Waals surface area contributed by atoms with Crippen LogP contribution in [0.4, 0.5) is 0 Å². The lowest BCUT2D eigenvalue weighted by atomic mass is 10.1. The lowest BCUT2D eigenvalue weighted by Gasteiger charge is -2.31. The van der Waals surface area contributed by atoms with Crippen molar-refractivity contribution in [3.8, 4) is 0 Å². The molecule has 0 heterocycles. The highest BCUT2D eigenvalue weighted by Crippen LogP contribution is 2.30. The van der Waals surface area contributed by atoms with Gasteiger partial charge in [0.05, 0.1) is 39.6 Å². The van der Waals surface area contributed by atoms with Crippen molar-refractivity contribution in [1.82, 2.24) is 0 Å². The fraction of sp³-hybridized carbons (Fsp3) is 0.941. The molecule has 448 valence electrons. The smallest absolute Gasteiger partial charge is 0.223 e. The Morgan fingerprint density at radius 2 is 0.413 bits per heavy atom. The van der Waals surface area contributed by atoms with Crippen LogP contribution < -0.4 is 0 Å². The second-order valence-corrected chi connectivity index (χ2v) is 22.4. The van der Waals surface area contributed by atoms with E-state index in [9.17, 15) is 0 Å². The molecule has 0 N–H and O–H groups in total. The van der Waals surface area contributed by atoms with Crippen LogP contribution in [-0.4, -0.2) is 52.2 Å². The molecular weight excluding hydrogens is 929 g/mol. The molecule has 0 fully saturated rings. The monoisotopic (exact) mass is 1060 g/mol. The second kappa shape index (κ2) is 61.8. The zero-order valence-corrected chi connectivity index (χ0v) is 52.2. The van der Waals surface area contributed by atoms with Crippen molar-refractivity contribution >= 4 is 0 Å². The van der Waals surface area contributed by atoms with Gasteiger partial charge in [-0.3, -0.25) is 0 Å². The Hall–Kier alpha value is -1.44. The third kappa shape index (κ3) is 48.2. The predicted octanol–water partition coefficient (Wildman–Crippen LogP) is 23.1. The SMILES string of the molecule is CCCCCCCCCCCCC(OCCCCCC)=C(OCCCCCC)C(OCCCCCCC)OC(OCCCCCCC)C(OCCCCCC)=C(CCCCCCCCCCCC)OCCCCCC. The summed E-state index contributed by atoms with van der Waals surface area (Å²) >= 11 is 0. The van der Waals surface area contributed by atoms with Gasteiger partial charge in [-0.2, -0.15) is 0 Å². The van der Waals surface area contributed by atoms with Gasteiger partial charge < -0.3 is 33.2 Å².